The minimum Gasteiger partial charge on any atom is -0.388 e. The normalized spacial score (nSPS) is 13.1. The van der Waals surface area contributed by atoms with E-state index in [9.17, 15) is 5.11 Å². The average molecular weight is 238 g/mol. The molecule has 90 valence electrons. The molecule has 0 aliphatic heterocycles. The van der Waals surface area contributed by atoms with Crippen LogP contribution in [0.15, 0.2) is 29.2 Å². The molecule has 1 aromatic rings. The van der Waals surface area contributed by atoms with E-state index in [0.717, 1.165) is 17.9 Å². The Balaban J connectivity index is 2.45. The van der Waals surface area contributed by atoms with Gasteiger partial charge in [-0.15, -0.1) is 11.8 Å². The van der Waals surface area contributed by atoms with Crippen LogP contribution in [0.3, 0.4) is 0 Å². The Morgan fingerprint density at radius 1 is 1.19 bits per heavy atom. The fourth-order valence-electron chi connectivity index (χ4n) is 1.43. The van der Waals surface area contributed by atoms with E-state index < -0.39 is 0 Å². The molecule has 0 heterocycles. The van der Waals surface area contributed by atoms with E-state index in [4.69, 9.17) is 0 Å². The molecule has 0 radical (unpaired) electrons. The molecule has 0 aliphatic rings. The number of aliphatic hydroxyl groups excluding tert-OH is 1. The van der Waals surface area contributed by atoms with Crippen LogP contribution in [0.4, 0.5) is 0 Å². The highest BCUT2D eigenvalue weighted by Gasteiger charge is 2.04. The first-order valence-electron chi connectivity index (χ1n) is 6.04. The number of hydrogen-bond acceptors (Lipinski definition) is 2. The van der Waals surface area contributed by atoms with Gasteiger partial charge >= 0.3 is 0 Å². The minimum absolute atomic E-state index is 0.310. The summed E-state index contributed by atoms with van der Waals surface area (Å²) in [6, 6.07) is 8.29. The molecule has 0 fully saturated rings. The maximum Gasteiger partial charge on any atom is 0.0787 e. The van der Waals surface area contributed by atoms with Gasteiger partial charge < -0.3 is 5.11 Å². The molecule has 0 saturated carbocycles. The van der Waals surface area contributed by atoms with Crippen LogP contribution in [0.25, 0.3) is 0 Å². The zero-order valence-corrected chi connectivity index (χ0v) is 11.3. The van der Waals surface area contributed by atoms with Crippen molar-refractivity contribution in [1.82, 2.24) is 0 Å². The van der Waals surface area contributed by atoms with Gasteiger partial charge in [0, 0.05) is 4.90 Å². The van der Waals surface area contributed by atoms with E-state index in [1.807, 2.05) is 30.8 Å². The summed E-state index contributed by atoms with van der Waals surface area (Å²) in [5.41, 5.74) is 1.02. The van der Waals surface area contributed by atoms with Gasteiger partial charge in [-0.05, 0) is 42.2 Å². The van der Waals surface area contributed by atoms with Crippen LogP contribution in [0, 0.1) is 5.92 Å². The molecule has 1 rings (SSSR count). The Morgan fingerprint density at radius 3 is 2.31 bits per heavy atom. The molecule has 1 aromatic carbocycles. The smallest absolute Gasteiger partial charge is 0.0787 e. The van der Waals surface area contributed by atoms with Gasteiger partial charge in [-0.25, -0.2) is 0 Å². The van der Waals surface area contributed by atoms with E-state index in [1.54, 1.807) is 0 Å². The Bertz CT molecular complexity index is 292. The molecule has 0 aromatic heterocycles. The summed E-state index contributed by atoms with van der Waals surface area (Å²) in [7, 11) is 0. The van der Waals surface area contributed by atoms with Crippen molar-refractivity contribution in [2.45, 2.75) is 44.6 Å². The van der Waals surface area contributed by atoms with E-state index in [-0.39, 0.29) is 6.10 Å². The summed E-state index contributed by atoms with van der Waals surface area (Å²) < 4.78 is 0. The molecule has 1 N–H and O–H groups in total. The number of thioether (sulfide) groups is 1. The first kappa shape index (κ1) is 13.6. The lowest BCUT2D eigenvalue weighted by Crippen LogP contribution is -1.94. The summed E-state index contributed by atoms with van der Waals surface area (Å²) >= 11 is 1.90. The minimum atomic E-state index is -0.310. The van der Waals surface area contributed by atoms with Crippen molar-refractivity contribution in [3.63, 3.8) is 0 Å². The van der Waals surface area contributed by atoms with Gasteiger partial charge in [-0.3, -0.25) is 0 Å². The van der Waals surface area contributed by atoms with Crippen molar-refractivity contribution in [2.75, 3.05) is 5.75 Å². The molecule has 0 amide bonds. The number of benzene rings is 1. The van der Waals surface area contributed by atoms with E-state index in [2.05, 4.69) is 26.0 Å². The Hall–Kier alpha value is -0.470. The van der Waals surface area contributed by atoms with Crippen molar-refractivity contribution >= 4 is 11.8 Å². The second kappa shape index (κ2) is 6.97. The number of aliphatic hydroxyl groups is 1. The monoisotopic (exact) mass is 238 g/mol. The standard InChI is InChI=1S/C14H22OS/c1-4-14(15)12-5-7-13(8-6-12)16-10-9-11(2)3/h5-8,11,14-15H,4,9-10H2,1-3H3. The van der Waals surface area contributed by atoms with Crippen LogP contribution in [-0.2, 0) is 0 Å². The Labute approximate surface area is 103 Å². The second-order valence-electron chi connectivity index (χ2n) is 4.52. The second-order valence-corrected chi connectivity index (χ2v) is 5.69. The lowest BCUT2D eigenvalue weighted by atomic mass is 10.1. The third-order valence-corrected chi connectivity index (χ3v) is 3.66. The summed E-state index contributed by atoms with van der Waals surface area (Å²) in [6.45, 7) is 6.50. The highest BCUT2D eigenvalue weighted by Crippen LogP contribution is 2.23. The lowest BCUT2D eigenvalue weighted by Gasteiger charge is -2.09. The first-order valence-corrected chi connectivity index (χ1v) is 7.02. The summed E-state index contributed by atoms with van der Waals surface area (Å²) in [5, 5.41) is 9.66. The first-order chi connectivity index (χ1) is 7.63. The largest absolute Gasteiger partial charge is 0.388 e. The van der Waals surface area contributed by atoms with E-state index >= 15 is 0 Å². The molecule has 0 saturated heterocycles. The van der Waals surface area contributed by atoms with Gasteiger partial charge in [-0.1, -0.05) is 32.9 Å². The zero-order valence-electron chi connectivity index (χ0n) is 10.4. The quantitative estimate of drug-likeness (QED) is 0.747. The summed E-state index contributed by atoms with van der Waals surface area (Å²) in [6.07, 6.45) is 1.72. The fourth-order valence-corrected chi connectivity index (χ4v) is 2.59. The number of hydrogen-bond donors (Lipinski definition) is 1. The predicted molar refractivity (Wildman–Crippen MR) is 71.9 cm³/mol. The topological polar surface area (TPSA) is 20.2 Å². The molecule has 0 bridgehead atoms. The van der Waals surface area contributed by atoms with E-state index in [1.165, 1.54) is 17.1 Å². The highest BCUT2D eigenvalue weighted by molar-refractivity contribution is 7.99. The molecule has 1 unspecified atom stereocenters. The van der Waals surface area contributed by atoms with Gasteiger partial charge in [0.15, 0.2) is 0 Å². The zero-order chi connectivity index (χ0) is 12.0. The van der Waals surface area contributed by atoms with Crippen LogP contribution in [0.1, 0.15) is 45.3 Å². The van der Waals surface area contributed by atoms with Crippen LogP contribution < -0.4 is 0 Å². The fraction of sp³-hybridized carbons (Fsp3) is 0.571. The third kappa shape index (κ3) is 4.58. The van der Waals surface area contributed by atoms with Gasteiger partial charge in [0.25, 0.3) is 0 Å². The van der Waals surface area contributed by atoms with Crippen molar-refractivity contribution in [3.05, 3.63) is 29.8 Å². The highest BCUT2D eigenvalue weighted by atomic mass is 32.2. The van der Waals surface area contributed by atoms with Crippen molar-refractivity contribution in [1.29, 1.82) is 0 Å². The number of rotatable bonds is 6. The van der Waals surface area contributed by atoms with Crippen LogP contribution in [0.2, 0.25) is 0 Å². The van der Waals surface area contributed by atoms with Crippen molar-refractivity contribution in [3.8, 4) is 0 Å². The molecular weight excluding hydrogens is 216 g/mol. The molecular formula is C14H22OS. The molecule has 0 aliphatic carbocycles. The maximum absolute atomic E-state index is 9.66. The van der Waals surface area contributed by atoms with E-state index in [0.29, 0.717) is 0 Å². The van der Waals surface area contributed by atoms with Gasteiger partial charge in [0.05, 0.1) is 6.10 Å². The van der Waals surface area contributed by atoms with Gasteiger partial charge in [-0.2, -0.15) is 0 Å². The Morgan fingerprint density at radius 2 is 1.81 bits per heavy atom. The molecule has 0 spiro atoms. The molecule has 2 heteroatoms. The average Bonchev–Trinajstić information content (AvgIpc) is 2.28. The summed E-state index contributed by atoms with van der Waals surface area (Å²) in [5.74, 6) is 1.95. The predicted octanol–water partition coefficient (Wildman–Crippen LogP) is 4.27. The molecule has 1 nitrogen and oxygen atoms in total. The molecule has 16 heavy (non-hydrogen) atoms. The van der Waals surface area contributed by atoms with Crippen molar-refractivity contribution in [2.24, 2.45) is 5.92 Å². The Kier molecular flexibility index (Phi) is 5.93. The lowest BCUT2D eigenvalue weighted by molar-refractivity contribution is 0.173. The van der Waals surface area contributed by atoms with Crippen LogP contribution >= 0.6 is 11.8 Å². The molecule has 1 atom stereocenters. The third-order valence-electron chi connectivity index (χ3n) is 2.62. The van der Waals surface area contributed by atoms with Gasteiger partial charge in [0.1, 0.15) is 0 Å². The maximum atomic E-state index is 9.66. The summed E-state index contributed by atoms with van der Waals surface area (Å²) in [4.78, 5) is 1.30. The van der Waals surface area contributed by atoms with Crippen molar-refractivity contribution < 1.29 is 5.11 Å². The van der Waals surface area contributed by atoms with Crippen LogP contribution in [-0.4, -0.2) is 10.9 Å². The van der Waals surface area contributed by atoms with Crippen LogP contribution in [0.5, 0.6) is 0 Å². The SMILES string of the molecule is CCC(O)c1ccc(SCCC(C)C)cc1. The van der Waals surface area contributed by atoms with Gasteiger partial charge in [0.2, 0.25) is 0 Å².